The molecule has 1 aliphatic carbocycles. The minimum absolute atomic E-state index is 0.659. The fourth-order valence-corrected chi connectivity index (χ4v) is 2.60. The lowest BCUT2D eigenvalue weighted by Gasteiger charge is -2.28. The third kappa shape index (κ3) is 2.39. The molecule has 3 heteroatoms. The van der Waals surface area contributed by atoms with Crippen LogP contribution < -0.4 is 5.32 Å². The van der Waals surface area contributed by atoms with E-state index in [-0.39, 0.29) is 0 Å². The predicted molar refractivity (Wildman–Crippen MR) is 67.8 cm³/mol. The molecule has 1 N–H and O–H groups in total. The van der Waals surface area contributed by atoms with Crippen molar-refractivity contribution in [1.82, 2.24) is 9.55 Å². The maximum atomic E-state index is 4.55. The molecule has 1 fully saturated rings. The molecule has 1 aromatic rings. The maximum absolute atomic E-state index is 4.55. The molecular weight excluding hydrogens is 198 g/mol. The number of imidazole rings is 1. The first-order valence-electron chi connectivity index (χ1n) is 6.50. The minimum Gasteiger partial charge on any atom is -0.356 e. The molecule has 0 spiro atoms. The Morgan fingerprint density at radius 2 is 2.06 bits per heavy atom. The maximum Gasteiger partial charge on any atom is 0.203 e. The molecule has 1 aromatic heterocycles. The second-order valence-corrected chi connectivity index (χ2v) is 5.06. The summed E-state index contributed by atoms with van der Waals surface area (Å²) in [6.45, 7) is 7.50. The Morgan fingerprint density at radius 3 is 2.69 bits per heavy atom. The van der Waals surface area contributed by atoms with Crippen LogP contribution in [0.15, 0.2) is 6.20 Å². The Balaban J connectivity index is 2.12. The molecule has 0 saturated heterocycles. The van der Waals surface area contributed by atoms with Crippen molar-refractivity contribution in [3.8, 4) is 0 Å². The van der Waals surface area contributed by atoms with E-state index in [1.807, 2.05) is 0 Å². The third-order valence-electron chi connectivity index (χ3n) is 3.57. The van der Waals surface area contributed by atoms with Crippen LogP contribution in [0.3, 0.4) is 0 Å². The molecule has 0 unspecified atom stereocenters. The molecule has 0 bridgehead atoms. The molecular formula is C13H23N3. The van der Waals surface area contributed by atoms with E-state index in [0.29, 0.717) is 6.04 Å². The number of rotatable bonds is 3. The number of hydrogen-bond donors (Lipinski definition) is 1. The minimum atomic E-state index is 0.659. The van der Waals surface area contributed by atoms with Gasteiger partial charge in [-0.25, -0.2) is 4.98 Å². The van der Waals surface area contributed by atoms with E-state index >= 15 is 0 Å². The fraction of sp³-hybridized carbons (Fsp3) is 0.769. The molecule has 16 heavy (non-hydrogen) atoms. The molecule has 0 atom stereocenters. The summed E-state index contributed by atoms with van der Waals surface area (Å²) >= 11 is 0. The number of aryl methyl sites for hydroxylation is 1. The van der Waals surface area contributed by atoms with Crippen LogP contribution in [0.25, 0.3) is 0 Å². The second kappa shape index (κ2) is 4.89. The Kier molecular flexibility index (Phi) is 3.52. The monoisotopic (exact) mass is 221 g/mol. The van der Waals surface area contributed by atoms with Gasteiger partial charge in [0, 0.05) is 18.8 Å². The van der Waals surface area contributed by atoms with Crippen LogP contribution in [0.5, 0.6) is 0 Å². The molecule has 0 aliphatic heterocycles. The fourth-order valence-electron chi connectivity index (χ4n) is 2.60. The lowest BCUT2D eigenvalue weighted by Crippen LogP contribution is -2.18. The molecule has 90 valence electrons. The van der Waals surface area contributed by atoms with E-state index in [2.05, 4.69) is 41.8 Å². The van der Waals surface area contributed by atoms with Crippen LogP contribution in [0.1, 0.15) is 51.3 Å². The van der Waals surface area contributed by atoms with Crippen LogP contribution in [0.2, 0.25) is 0 Å². The lowest BCUT2D eigenvalue weighted by atomic mass is 9.87. The summed E-state index contributed by atoms with van der Waals surface area (Å²) in [6, 6.07) is 0.659. The van der Waals surface area contributed by atoms with Gasteiger partial charge in [0.25, 0.3) is 0 Å². The van der Waals surface area contributed by atoms with Crippen LogP contribution in [0, 0.1) is 12.8 Å². The number of anilines is 1. The highest BCUT2D eigenvalue weighted by atomic mass is 15.2. The second-order valence-electron chi connectivity index (χ2n) is 5.06. The van der Waals surface area contributed by atoms with Crippen molar-refractivity contribution in [2.24, 2.45) is 5.92 Å². The normalized spacial score (nSPS) is 25.7. The van der Waals surface area contributed by atoms with Crippen molar-refractivity contribution >= 4 is 5.95 Å². The molecule has 0 aromatic carbocycles. The van der Waals surface area contributed by atoms with Gasteiger partial charge >= 0.3 is 0 Å². The predicted octanol–water partition coefficient (Wildman–Crippen LogP) is 3.37. The van der Waals surface area contributed by atoms with Gasteiger partial charge in [0.2, 0.25) is 5.95 Å². The average Bonchev–Trinajstić information content (AvgIpc) is 2.61. The van der Waals surface area contributed by atoms with Gasteiger partial charge < -0.3 is 9.88 Å². The zero-order valence-electron chi connectivity index (χ0n) is 10.7. The molecule has 0 amide bonds. The van der Waals surface area contributed by atoms with Gasteiger partial charge in [-0.2, -0.15) is 0 Å². The van der Waals surface area contributed by atoms with Gasteiger partial charge in [0.05, 0.1) is 5.69 Å². The molecule has 3 nitrogen and oxygen atoms in total. The summed E-state index contributed by atoms with van der Waals surface area (Å²) in [5, 5.41) is 3.36. The summed E-state index contributed by atoms with van der Waals surface area (Å²) in [5.41, 5.74) is 1.12. The summed E-state index contributed by atoms with van der Waals surface area (Å²) in [5.74, 6) is 1.96. The Morgan fingerprint density at radius 1 is 1.38 bits per heavy atom. The van der Waals surface area contributed by atoms with Gasteiger partial charge in [0.15, 0.2) is 0 Å². The van der Waals surface area contributed by atoms with Crippen LogP contribution in [0.4, 0.5) is 5.95 Å². The molecule has 1 saturated carbocycles. The zero-order valence-corrected chi connectivity index (χ0v) is 10.7. The van der Waals surface area contributed by atoms with Crippen molar-refractivity contribution in [3.05, 3.63) is 11.9 Å². The lowest BCUT2D eigenvalue weighted by molar-refractivity contribution is 0.291. The van der Waals surface area contributed by atoms with Crippen molar-refractivity contribution in [2.45, 2.75) is 52.5 Å². The Hall–Kier alpha value is -0.990. The van der Waals surface area contributed by atoms with Crippen molar-refractivity contribution < 1.29 is 0 Å². The zero-order chi connectivity index (χ0) is 11.5. The van der Waals surface area contributed by atoms with Gasteiger partial charge in [-0.3, -0.25) is 0 Å². The molecule has 1 aliphatic rings. The van der Waals surface area contributed by atoms with E-state index in [1.165, 1.54) is 25.7 Å². The topological polar surface area (TPSA) is 29.9 Å². The van der Waals surface area contributed by atoms with Gasteiger partial charge in [-0.05, 0) is 45.4 Å². The Labute approximate surface area is 98.3 Å². The smallest absolute Gasteiger partial charge is 0.203 e. The molecule has 2 rings (SSSR count). The highest BCUT2D eigenvalue weighted by Gasteiger charge is 2.21. The summed E-state index contributed by atoms with van der Waals surface area (Å²) in [7, 11) is 0. The van der Waals surface area contributed by atoms with Crippen molar-refractivity contribution in [3.63, 3.8) is 0 Å². The van der Waals surface area contributed by atoms with Crippen LogP contribution >= 0.6 is 0 Å². The summed E-state index contributed by atoms with van der Waals surface area (Å²) < 4.78 is 2.35. The number of nitrogens with one attached hydrogen (secondary N) is 1. The molecule has 1 heterocycles. The number of aromatic nitrogens is 2. The van der Waals surface area contributed by atoms with Gasteiger partial charge in [-0.1, -0.05) is 6.92 Å². The largest absolute Gasteiger partial charge is 0.356 e. The number of hydrogen-bond acceptors (Lipinski definition) is 2. The SMILES string of the molecule is CCNc1nc(C)cn1C1CCC(C)CC1. The van der Waals surface area contributed by atoms with E-state index in [9.17, 15) is 0 Å². The quantitative estimate of drug-likeness (QED) is 0.848. The van der Waals surface area contributed by atoms with Crippen LogP contribution in [-0.2, 0) is 0 Å². The third-order valence-corrected chi connectivity index (χ3v) is 3.57. The standard InChI is InChI=1S/C13H23N3/c1-4-14-13-15-11(3)9-16(13)12-7-5-10(2)6-8-12/h9-10,12H,4-8H2,1-3H3,(H,14,15). The summed E-state index contributed by atoms with van der Waals surface area (Å²) in [4.78, 5) is 4.55. The first-order chi connectivity index (χ1) is 7.70. The van der Waals surface area contributed by atoms with E-state index in [4.69, 9.17) is 0 Å². The Bertz CT molecular complexity index is 335. The highest BCUT2D eigenvalue weighted by molar-refractivity contribution is 5.29. The van der Waals surface area contributed by atoms with E-state index in [0.717, 1.165) is 24.1 Å². The summed E-state index contributed by atoms with van der Waals surface area (Å²) in [6.07, 6.45) is 7.50. The first kappa shape index (κ1) is 11.5. The number of nitrogens with zero attached hydrogens (tertiary/aromatic N) is 2. The molecule has 0 radical (unpaired) electrons. The highest BCUT2D eigenvalue weighted by Crippen LogP contribution is 2.33. The first-order valence-corrected chi connectivity index (χ1v) is 6.50. The average molecular weight is 221 g/mol. The van der Waals surface area contributed by atoms with Crippen molar-refractivity contribution in [1.29, 1.82) is 0 Å². The van der Waals surface area contributed by atoms with E-state index < -0.39 is 0 Å². The van der Waals surface area contributed by atoms with Gasteiger partial charge in [-0.15, -0.1) is 0 Å². The van der Waals surface area contributed by atoms with Crippen LogP contribution in [-0.4, -0.2) is 16.1 Å². The van der Waals surface area contributed by atoms with E-state index in [1.54, 1.807) is 0 Å². The van der Waals surface area contributed by atoms with Crippen molar-refractivity contribution in [2.75, 3.05) is 11.9 Å². The van der Waals surface area contributed by atoms with Gasteiger partial charge in [0.1, 0.15) is 0 Å².